The molecule has 0 aromatic carbocycles. The molecule has 7 heteroatoms. The Hall–Kier alpha value is -1.18. The Morgan fingerprint density at radius 2 is 2.12 bits per heavy atom. The minimum absolute atomic E-state index is 0.282. The van der Waals surface area contributed by atoms with Gasteiger partial charge < -0.3 is 10.1 Å². The van der Waals surface area contributed by atoms with Crippen molar-refractivity contribution in [1.82, 2.24) is 9.71 Å². The van der Waals surface area contributed by atoms with Gasteiger partial charge in [-0.15, -0.1) is 0 Å². The van der Waals surface area contributed by atoms with Crippen molar-refractivity contribution in [3.8, 4) is 0 Å². The van der Waals surface area contributed by atoms with Gasteiger partial charge in [0, 0.05) is 24.5 Å². The van der Waals surface area contributed by atoms with Crippen LogP contribution in [0.1, 0.15) is 20.3 Å². The molecule has 0 aliphatic carbocycles. The molecule has 96 valence electrons. The molecule has 1 rings (SSSR count). The number of pyridine rings is 1. The van der Waals surface area contributed by atoms with Gasteiger partial charge >= 0.3 is 0 Å². The van der Waals surface area contributed by atoms with Gasteiger partial charge in [0.25, 0.3) is 0 Å². The van der Waals surface area contributed by atoms with Gasteiger partial charge in [-0.05, 0) is 20.3 Å². The molecule has 0 saturated carbocycles. The lowest BCUT2D eigenvalue weighted by Crippen LogP contribution is -2.36. The lowest BCUT2D eigenvalue weighted by molar-refractivity contribution is 0.175. The van der Waals surface area contributed by atoms with E-state index in [1.165, 1.54) is 6.20 Å². The van der Waals surface area contributed by atoms with Crippen LogP contribution < -0.4 is 10.2 Å². The number of aromatic amines is 1. The highest BCUT2D eigenvalue weighted by atomic mass is 32.2. The zero-order valence-corrected chi connectivity index (χ0v) is 10.5. The fraction of sp³-hybridized carbons (Fsp3) is 0.500. The predicted octanol–water partition coefficient (Wildman–Crippen LogP) is -0.187. The van der Waals surface area contributed by atoms with Crippen LogP contribution in [-0.2, 0) is 10.0 Å². The number of nitrogens with one attached hydrogen (secondary N) is 2. The summed E-state index contributed by atoms with van der Waals surface area (Å²) in [5, 5.41) is 9.14. The summed E-state index contributed by atoms with van der Waals surface area (Å²) in [5.41, 5.74) is -0.569. The molecule has 17 heavy (non-hydrogen) atoms. The molecule has 3 N–H and O–H groups in total. The second kappa shape index (κ2) is 5.44. The molecule has 0 radical (unpaired) electrons. The van der Waals surface area contributed by atoms with Gasteiger partial charge in [-0.2, -0.15) is 0 Å². The molecule has 0 spiro atoms. The number of aliphatic hydroxyl groups is 1. The lowest BCUT2D eigenvalue weighted by Gasteiger charge is -2.15. The quantitative estimate of drug-likeness (QED) is 0.683. The van der Waals surface area contributed by atoms with E-state index in [1.54, 1.807) is 13.8 Å². The maximum atomic E-state index is 11.8. The minimum Gasteiger partial charge on any atom is -0.393 e. The number of aliphatic hydroxyl groups excluding tert-OH is 1. The van der Waals surface area contributed by atoms with Gasteiger partial charge in [0.05, 0.1) is 6.10 Å². The molecule has 0 bridgehead atoms. The number of hydrogen-bond donors (Lipinski definition) is 3. The molecule has 0 aliphatic heterocycles. The SMILES string of the molecule is CC(O)CC(C)NS(=O)(=O)c1c[nH]ccc1=O. The predicted molar refractivity (Wildman–Crippen MR) is 63.1 cm³/mol. The van der Waals surface area contributed by atoms with Crippen LogP contribution in [0.2, 0.25) is 0 Å². The Morgan fingerprint density at radius 1 is 1.47 bits per heavy atom. The van der Waals surface area contributed by atoms with Crippen LogP contribution in [0.15, 0.2) is 28.2 Å². The summed E-state index contributed by atoms with van der Waals surface area (Å²) in [6.45, 7) is 3.20. The highest BCUT2D eigenvalue weighted by Crippen LogP contribution is 2.04. The monoisotopic (exact) mass is 260 g/mol. The molecule has 1 heterocycles. The fourth-order valence-electron chi connectivity index (χ4n) is 1.50. The average molecular weight is 260 g/mol. The van der Waals surface area contributed by atoms with Crippen molar-refractivity contribution < 1.29 is 13.5 Å². The zero-order chi connectivity index (χ0) is 13.1. The summed E-state index contributed by atoms with van der Waals surface area (Å²) in [6, 6.07) is 0.702. The zero-order valence-electron chi connectivity index (χ0n) is 9.67. The third kappa shape index (κ3) is 3.95. The first-order chi connectivity index (χ1) is 7.83. The van der Waals surface area contributed by atoms with E-state index < -0.39 is 27.6 Å². The van der Waals surface area contributed by atoms with Crippen LogP contribution in [0, 0.1) is 0 Å². The topological polar surface area (TPSA) is 99.3 Å². The van der Waals surface area contributed by atoms with Crippen LogP contribution in [0.4, 0.5) is 0 Å². The number of hydrogen-bond acceptors (Lipinski definition) is 4. The summed E-state index contributed by atoms with van der Waals surface area (Å²) in [6.07, 6.45) is 2.17. The molecule has 0 fully saturated rings. The summed E-state index contributed by atoms with van der Waals surface area (Å²) >= 11 is 0. The van der Waals surface area contributed by atoms with Crippen molar-refractivity contribution in [3.63, 3.8) is 0 Å². The van der Waals surface area contributed by atoms with Crippen LogP contribution in [0.3, 0.4) is 0 Å². The summed E-state index contributed by atoms with van der Waals surface area (Å²) in [5.74, 6) is 0. The second-order valence-corrected chi connectivity index (χ2v) is 5.66. The molecule has 6 nitrogen and oxygen atoms in total. The Balaban J connectivity index is 2.90. The highest BCUT2D eigenvalue weighted by Gasteiger charge is 2.20. The Morgan fingerprint density at radius 3 is 2.65 bits per heavy atom. The molecular formula is C10H16N2O4S. The van der Waals surface area contributed by atoms with Crippen LogP contribution in [-0.4, -0.2) is 30.7 Å². The van der Waals surface area contributed by atoms with Crippen LogP contribution in [0.25, 0.3) is 0 Å². The van der Waals surface area contributed by atoms with E-state index in [0.717, 1.165) is 12.3 Å². The van der Waals surface area contributed by atoms with Gasteiger partial charge in [0.15, 0.2) is 0 Å². The molecule has 1 aromatic rings. The van der Waals surface area contributed by atoms with Crippen molar-refractivity contribution >= 4 is 10.0 Å². The molecule has 1 aromatic heterocycles. The fourth-order valence-corrected chi connectivity index (χ4v) is 2.81. The summed E-state index contributed by atoms with van der Waals surface area (Å²) in [4.78, 5) is 13.6. The molecule has 0 amide bonds. The largest absolute Gasteiger partial charge is 0.393 e. The first-order valence-electron chi connectivity index (χ1n) is 5.20. The normalized spacial score (nSPS) is 15.5. The van der Waals surface area contributed by atoms with E-state index in [4.69, 9.17) is 5.11 Å². The first kappa shape index (κ1) is 13.9. The van der Waals surface area contributed by atoms with Gasteiger partial charge in [0.1, 0.15) is 4.90 Å². The van der Waals surface area contributed by atoms with Crippen molar-refractivity contribution in [2.45, 2.75) is 37.3 Å². The standard InChI is InChI=1S/C10H16N2O4S/c1-7(5-8(2)13)12-17(15,16)10-6-11-4-3-9(10)14/h3-4,6-8,12-13H,5H2,1-2H3,(H,11,14). The van der Waals surface area contributed by atoms with E-state index in [9.17, 15) is 13.2 Å². The number of rotatable bonds is 5. The van der Waals surface area contributed by atoms with E-state index in [-0.39, 0.29) is 11.3 Å². The summed E-state index contributed by atoms with van der Waals surface area (Å²) in [7, 11) is -3.84. The summed E-state index contributed by atoms with van der Waals surface area (Å²) < 4.78 is 26.0. The number of sulfonamides is 1. The third-order valence-corrected chi connectivity index (χ3v) is 3.74. The average Bonchev–Trinajstić information content (AvgIpc) is 2.15. The highest BCUT2D eigenvalue weighted by molar-refractivity contribution is 7.89. The molecule has 2 atom stereocenters. The Bertz CT molecular complexity index is 521. The van der Waals surface area contributed by atoms with Gasteiger partial charge in [-0.3, -0.25) is 4.79 Å². The first-order valence-corrected chi connectivity index (χ1v) is 6.68. The van der Waals surface area contributed by atoms with E-state index in [2.05, 4.69) is 9.71 Å². The Kier molecular flexibility index (Phi) is 4.44. The van der Waals surface area contributed by atoms with E-state index in [1.807, 2.05) is 0 Å². The van der Waals surface area contributed by atoms with E-state index in [0.29, 0.717) is 0 Å². The van der Waals surface area contributed by atoms with Gasteiger partial charge in [0.2, 0.25) is 15.5 Å². The molecule has 2 unspecified atom stereocenters. The maximum absolute atomic E-state index is 11.8. The number of H-pyrrole nitrogens is 1. The minimum atomic E-state index is -3.84. The van der Waals surface area contributed by atoms with Crippen molar-refractivity contribution in [1.29, 1.82) is 0 Å². The van der Waals surface area contributed by atoms with E-state index >= 15 is 0 Å². The van der Waals surface area contributed by atoms with Crippen molar-refractivity contribution in [2.75, 3.05) is 0 Å². The third-order valence-electron chi connectivity index (χ3n) is 2.13. The lowest BCUT2D eigenvalue weighted by atomic mass is 10.2. The molecule has 0 saturated heterocycles. The van der Waals surface area contributed by atoms with Gasteiger partial charge in [-0.25, -0.2) is 13.1 Å². The smallest absolute Gasteiger partial charge is 0.246 e. The Labute approximate surface area is 99.7 Å². The van der Waals surface area contributed by atoms with Gasteiger partial charge in [-0.1, -0.05) is 0 Å². The number of aromatic nitrogens is 1. The molecular weight excluding hydrogens is 244 g/mol. The second-order valence-electron chi connectivity index (χ2n) is 3.98. The van der Waals surface area contributed by atoms with Crippen molar-refractivity contribution in [2.24, 2.45) is 0 Å². The van der Waals surface area contributed by atoms with Crippen molar-refractivity contribution in [3.05, 3.63) is 28.7 Å². The maximum Gasteiger partial charge on any atom is 0.246 e. The molecule has 0 aliphatic rings. The van der Waals surface area contributed by atoms with Crippen LogP contribution >= 0.6 is 0 Å². The van der Waals surface area contributed by atoms with Crippen LogP contribution in [0.5, 0.6) is 0 Å².